The van der Waals surface area contributed by atoms with Crippen LogP contribution < -0.4 is 10.2 Å². The SMILES string of the molecule is c1ccc2c(-c3cnn4cc(-c5ccc(N6CC7NC[C@H]76)cc5)cnc34)ccnc2c1. The summed E-state index contributed by atoms with van der Waals surface area (Å²) in [7, 11) is 0. The molecule has 2 aromatic carbocycles. The Morgan fingerprint density at radius 3 is 2.58 bits per heavy atom. The summed E-state index contributed by atoms with van der Waals surface area (Å²) < 4.78 is 1.87. The maximum Gasteiger partial charge on any atom is 0.162 e. The second kappa shape index (κ2) is 6.36. The Kier molecular flexibility index (Phi) is 3.48. The number of nitrogens with zero attached hydrogens (tertiary/aromatic N) is 5. The zero-order chi connectivity index (χ0) is 20.4. The van der Waals surface area contributed by atoms with E-state index >= 15 is 0 Å². The number of rotatable bonds is 3. The fourth-order valence-corrected chi connectivity index (χ4v) is 4.80. The molecule has 0 spiro atoms. The Balaban J connectivity index is 1.24. The molecule has 0 saturated carbocycles. The maximum absolute atomic E-state index is 4.78. The number of nitrogens with one attached hydrogen (secondary N) is 1. The molecule has 0 bridgehead atoms. The molecule has 2 atom stereocenters. The molecule has 2 aliphatic rings. The van der Waals surface area contributed by atoms with Crippen molar-refractivity contribution < 1.29 is 0 Å². The van der Waals surface area contributed by atoms with Gasteiger partial charge in [0.15, 0.2) is 5.65 Å². The third-order valence-corrected chi connectivity index (χ3v) is 6.68. The minimum Gasteiger partial charge on any atom is -0.364 e. The predicted octanol–water partition coefficient (Wildman–Crippen LogP) is 3.77. The molecular weight excluding hydrogens is 384 g/mol. The summed E-state index contributed by atoms with van der Waals surface area (Å²) in [4.78, 5) is 11.7. The second-order valence-electron chi connectivity index (χ2n) is 8.33. The van der Waals surface area contributed by atoms with E-state index in [1.807, 2.05) is 47.4 Å². The quantitative estimate of drug-likeness (QED) is 0.496. The number of anilines is 1. The average molecular weight is 404 g/mol. The van der Waals surface area contributed by atoms with E-state index in [2.05, 4.69) is 56.8 Å². The molecule has 6 heteroatoms. The molecule has 0 radical (unpaired) electrons. The minimum atomic E-state index is 0.677. The van der Waals surface area contributed by atoms with E-state index in [1.165, 1.54) is 5.69 Å². The number of aromatic nitrogens is 4. The molecule has 31 heavy (non-hydrogen) atoms. The molecule has 2 aliphatic heterocycles. The van der Waals surface area contributed by atoms with Gasteiger partial charge in [-0.25, -0.2) is 9.50 Å². The fraction of sp³-hybridized carbons (Fsp3) is 0.160. The second-order valence-corrected chi connectivity index (χ2v) is 8.33. The van der Waals surface area contributed by atoms with E-state index < -0.39 is 0 Å². The first-order valence-electron chi connectivity index (χ1n) is 10.6. The zero-order valence-corrected chi connectivity index (χ0v) is 16.8. The van der Waals surface area contributed by atoms with Gasteiger partial charge in [0, 0.05) is 59.9 Å². The van der Waals surface area contributed by atoms with Gasteiger partial charge in [0.1, 0.15) is 0 Å². The van der Waals surface area contributed by atoms with Crippen molar-refractivity contribution in [1.29, 1.82) is 0 Å². The molecule has 1 unspecified atom stereocenters. The number of benzene rings is 2. The van der Waals surface area contributed by atoms with E-state index in [1.54, 1.807) is 0 Å². The van der Waals surface area contributed by atoms with Crippen LogP contribution in [-0.2, 0) is 0 Å². The average Bonchev–Trinajstić information content (AvgIpc) is 3.24. The number of fused-ring (bicyclic) bond motifs is 3. The predicted molar refractivity (Wildman–Crippen MR) is 122 cm³/mol. The van der Waals surface area contributed by atoms with Crippen molar-refractivity contribution in [3.63, 3.8) is 0 Å². The van der Waals surface area contributed by atoms with Gasteiger partial charge in [-0.3, -0.25) is 4.98 Å². The van der Waals surface area contributed by atoms with Crippen molar-refractivity contribution in [2.24, 2.45) is 0 Å². The monoisotopic (exact) mass is 404 g/mol. The van der Waals surface area contributed by atoms with Crippen molar-refractivity contribution in [3.8, 4) is 22.3 Å². The minimum absolute atomic E-state index is 0.677. The summed E-state index contributed by atoms with van der Waals surface area (Å²) in [5, 5.41) is 9.17. The summed E-state index contributed by atoms with van der Waals surface area (Å²) in [5.74, 6) is 0. The summed E-state index contributed by atoms with van der Waals surface area (Å²) in [5.41, 5.74) is 7.44. The van der Waals surface area contributed by atoms with Crippen molar-refractivity contribution in [1.82, 2.24) is 24.9 Å². The number of hydrogen-bond donors (Lipinski definition) is 1. The first-order valence-corrected chi connectivity index (χ1v) is 10.6. The van der Waals surface area contributed by atoms with Crippen LogP contribution in [0.2, 0.25) is 0 Å². The van der Waals surface area contributed by atoms with Gasteiger partial charge in [-0.1, -0.05) is 30.3 Å². The third-order valence-electron chi connectivity index (χ3n) is 6.68. The number of piperazine rings is 1. The standard InChI is InChI=1S/C25H20N6/c1-2-4-22-20(3-1)19(9-10-26-22)21-12-29-31-14-17(11-28-25(21)31)16-5-7-18(8-6-16)30-15-23-24(30)13-27-23/h1-12,14,23-24,27H,13,15H2/t23?,24-/m1/s1. The van der Waals surface area contributed by atoms with Gasteiger partial charge in [-0.15, -0.1) is 0 Å². The molecular formula is C25H20N6. The molecule has 3 aromatic heterocycles. The highest BCUT2D eigenvalue weighted by Gasteiger charge is 2.45. The van der Waals surface area contributed by atoms with Crippen molar-refractivity contribution in [2.75, 3.05) is 18.0 Å². The first-order chi connectivity index (χ1) is 15.3. The largest absolute Gasteiger partial charge is 0.364 e. The van der Waals surface area contributed by atoms with Crippen LogP contribution >= 0.6 is 0 Å². The van der Waals surface area contributed by atoms with Crippen LogP contribution in [0, 0.1) is 0 Å². The van der Waals surface area contributed by atoms with Gasteiger partial charge in [-0.2, -0.15) is 5.10 Å². The Bertz CT molecular complexity index is 1430. The van der Waals surface area contributed by atoms with Crippen LogP contribution in [0.5, 0.6) is 0 Å². The smallest absolute Gasteiger partial charge is 0.162 e. The van der Waals surface area contributed by atoms with E-state index in [9.17, 15) is 0 Å². The maximum atomic E-state index is 4.78. The van der Waals surface area contributed by atoms with Crippen LogP contribution in [0.25, 0.3) is 38.8 Å². The molecule has 7 rings (SSSR count). The molecule has 0 amide bonds. The molecule has 6 nitrogen and oxygen atoms in total. The molecule has 2 fully saturated rings. The molecule has 150 valence electrons. The highest BCUT2D eigenvalue weighted by Crippen LogP contribution is 2.33. The van der Waals surface area contributed by atoms with Crippen LogP contribution in [0.3, 0.4) is 0 Å². The van der Waals surface area contributed by atoms with Crippen molar-refractivity contribution >= 4 is 22.2 Å². The molecule has 1 N–H and O–H groups in total. The van der Waals surface area contributed by atoms with Crippen molar-refractivity contribution in [2.45, 2.75) is 12.1 Å². The van der Waals surface area contributed by atoms with Gasteiger partial charge in [-0.05, 0) is 35.4 Å². The number of para-hydroxylation sites is 1. The summed E-state index contributed by atoms with van der Waals surface area (Å²) in [6.07, 6.45) is 7.73. The van der Waals surface area contributed by atoms with E-state index in [-0.39, 0.29) is 0 Å². The number of hydrogen-bond acceptors (Lipinski definition) is 5. The highest BCUT2D eigenvalue weighted by atomic mass is 15.4. The van der Waals surface area contributed by atoms with Crippen molar-refractivity contribution in [3.05, 3.63) is 79.4 Å². The van der Waals surface area contributed by atoms with E-state index in [0.717, 1.165) is 51.9 Å². The van der Waals surface area contributed by atoms with Gasteiger partial charge < -0.3 is 10.2 Å². The fourth-order valence-electron chi connectivity index (χ4n) is 4.80. The van der Waals surface area contributed by atoms with Crippen LogP contribution in [0.1, 0.15) is 0 Å². The number of pyridine rings is 1. The highest BCUT2D eigenvalue weighted by molar-refractivity contribution is 5.97. The molecule has 5 aromatic rings. The molecule has 2 saturated heterocycles. The van der Waals surface area contributed by atoms with Gasteiger partial charge >= 0.3 is 0 Å². The third kappa shape index (κ3) is 2.52. The summed E-state index contributed by atoms with van der Waals surface area (Å²) >= 11 is 0. The van der Waals surface area contributed by atoms with Gasteiger partial charge in [0.25, 0.3) is 0 Å². The Hall–Kier alpha value is -3.77. The first kappa shape index (κ1) is 17.0. The lowest BCUT2D eigenvalue weighted by Crippen LogP contribution is -2.78. The molecule has 5 heterocycles. The molecule has 0 aliphatic carbocycles. The normalized spacial score (nSPS) is 19.8. The lowest BCUT2D eigenvalue weighted by atomic mass is 9.88. The topological polar surface area (TPSA) is 58.4 Å². The Morgan fingerprint density at radius 1 is 0.871 bits per heavy atom. The summed E-state index contributed by atoms with van der Waals surface area (Å²) in [6.45, 7) is 2.21. The lowest BCUT2D eigenvalue weighted by Gasteiger charge is -2.57. The van der Waals surface area contributed by atoms with Crippen LogP contribution in [0.15, 0.2) is 79.4 Å². The van der Waals surface area contributed by atoms with Gasteiger partial charge in [0.2, 0.25) is 0 Å². The Morgan fingerprint density at radius 2 is 1.77 bits per heavy atom. The van der Waals surface area contributed by atoms with E-state index in [4.69, 9.17) is 4.98 Å². The zero-order valence-electron chi connectivity index (χ0n) is 16.8. The van der Waals surface area contributed by atoms with Gasteiger partial charge in [0.05, 0.1) is 17.8 Å². The summed E-state index contributed by atoms with van der Waals surface area (Å²) in [6, 6.07) is 20.4. The van der Waals surface area contributed by atoms with Crippen LogP contribution in [0.4, 0.5) is 5.69 Å². The lowest BCUT2D eigenvalue weighted by molar-refractivity contribution is 0.213. The van der Waals surface area contributed by atoms with E-state index in [0.29, 0.717) is 12.1 Å². The Labute approximate surface area is 179 Å². The van der Waals surface area contributed by atoms with Crippen LogP contribution in [-0.4, -0.2) is 44.8 Å².